The van der Waals surface area contributed by atoms with Gasteiger partial charge in [-0.15, -0.1) is 10.2 Å². The fourth-order valence-corrected chi connectivity index (χ4v) is 3.66. The normalized spacial score (nSPS) is 19.6. The van der Waals surface area contributed by atoms with Crippen molar-refractivity contribution in [3.05, 3.63) is 42.7 Å². The molecule has 2 aliphatic rings. The molecule has 1 atom stereocenters. The number of hydrogen-bond donors (Lipinski definition) is 3. The van der Waals surface area contributed by atoms with Crippen LogP contribution < -0.4 is 10.2 Å². The summed E-state index contributed by atoms with van der Waals surface area (Å²) in [5.41, 5.74) is 3.18. The standard InChI is InChI=1S/C20H22N6O/c27-19-9-13(14-10-21-22-11-14)1-4-17(19)18-5-6-20(25-24-18)26-8-7-16(12-26)23-15-2-3-15/h1,4-6,9-11,15-16,23,27H,2-3,7-8,12H2,(H,21,22)/t16-/m0/s1. The minimum atomic E-state index is 0.186. The molecule has 0 spiro atoms. The molecular formula is C20H22N6O. The average molecular weight is 362 g/mol. The smallest absolute Gasteiger partial charge is 0.151 e. The summed E-state index contributed by atoms with van der Waals surface area (Å²) in [6.45, 7) is 1.98. The first kappa shape index (κ1) is 16.3. The van der Waals surface area contributed by atoms with Crippen molar-refractivity contribution in [1.29, 1.82) is 0 Å². The third kappa shape index (κ3) is 3.38. The number of H-pyrrole nitrogens is 1. The van der Waals surface area contributed by atoms with E-state index in [0.717, 1.165) is 42.5 Å². The minimum absolute atomic E-state index is 0.186. The molecule has 0 radical (unpaired) electrons. The van der Waals surface area contributed by atoms with Crippen LogP contribution in [0.15, 0.2) is 42.7 Å². The largest absolute Gasteiger partial charge is 0.507 e. The van der Waals surface area contributed by atoms with Crippen LogP contribution in [0.2, 0.25) is 0 Å². The van der Waals surface area contributed by atoms with Crippen molar-refractivity contribution >= 4 is 5.82 Å². The van der Waals surface area contributed by atoms with Crippen LogP contribution in [0.3, 0.4) is 0 Å². The van der Waals surface area contributed by atoms with Gasteiger partial charge in [-0.2, -0.15) is 5.10 Å². The highest BCUT2D eigenvalue weighted by atomic mass is 16.3. The summed E-state index contributed by atoms with van der Waals surface area (Å²) in [5.74, 6) is 1.08. The van der Waals surface area contributed by atoms with E-state index in [9.17, 15) is 5.11 Å². The van der Waals surface area contributed by atoms with Gasteiger partial charge in [-0.25, -0.2) is 0 Å². The van der Waals surface area contributed by atoms with Crippen molar-refractivity contribution in [2.45, 2.75) is 31.3 Å². The van der Waals surface area contributed by atoms with Gasteiger partial charge in [-0.1, -0.05) is 6.07 Å². The molecule has 3 N–H and O–H groups in total. The Labute approximate surface area is 157 Å². The highest BCUT2D eigenvalue weighted by Gasteiger charge is 2.29. The van der Waals surface area contributed by atoms with E-state index in [4.69, 9.17) is 0 Å². The Kier molecular flexibility index (Phi) is 4.01. The average Bonchev–Trinajstić information content (AvgIpc) is 3.15. The molecule has 3 aromatic rings. The van der Waals surface area contributed by atoms with E-state index in [0.29, 0.717) is 17.3 Å². The van der Waals surface area contributed by atoms with Crippen LogP contribution >= 0.6 is 0 Å². The fourth-order valence-electron chi connectivity index (χ4n) is 3.66. The zero-order chi connectivity index (χ0) is 18.2. The van der Waals surface area contributed by atoms with Gasteiger partial charge >= 0.3 is 0 Å². The maximum atomic E-state index is 10.4. The molecule has 0 amide bonds. The molecule has 27 heavy (non-hydrogen) atoms. The molecule has 2 fully saturated rings. The molecule has 0 unspecified atom stereocenters. The Morgan fingerprint density at radius 2 is 1.96 bits per heavy atom. The number of anilines is 1. The monoisotopic (exact) mass is 362 g/mol. The van der Waals surface area contributed by atoms with Crippen molar-refractivity contribution in [2.75, 3.05) is 18.0 Å². The second-order valence-electron chi connectivity index (χ2n) is 7.37. The van der Waals surface area contributed by atoms with Gasteiger partial charge in [0, 0.05) is 42.5 Å². The number of aromatic amines is 1. The van der Waals surface area contributed by atoms with Gasteiger partial charge < -0.3 is 15.3 Å². The van der Waals surface area contributed by atoms with Crippen LogP contribution in [0.4, 0.5) is 5.82 Å². The second kappa shape index (κ2) is 6.66. The number of aromatic nitrogens is 4. The van der Waals surface area contributed by atoms with Crippen LogP contribution in [0.5, 0.6) is 5.75 Å². The van der Waals surface area contributed by atoms with E-state index in [-0.39, 0.29) is 5.75 Å². The maximum absolute atomic E-state index is 10.4. The van der Waals surface area contributed by atoms with E-state index in [1.807, 2.05) is 24.3 Å². The molecule has 0 bridgehead atoms. The van der Waals surface area contributed by atoms with Crippen LogP contribution in [0.25, 0.3) is 22.4 Å². The third-order valence-electron chi connectivity index (χ3n) is 5.32. The molecule has 1 aliphatic heterocycles. The number of nitrogens with one attached hydrogen (secondary N) is 2. The first-order chi connectivity index (χ1) is 13.3. The fraction of sp³-hybridized carbons (Fsp3) is 0.350. The lowest BCUT2D eigenvalue weighted by Gasteiger charge is -2.17. The van der Waals surface area contributed by atoms with E-state index in [1.54, 1.807) is 18.5 Å². The molecular weight excluding hydrogens is 340 g/mol. The Morgan fingerprint density at radius 3 is 2.67 bits per heavy atom. The molecule has 5 rings (SSSR count). The van der Waals surface area contributed by atoms with E-state index < -0.39 is 0 Å². The Bertz CT molecular complexity index is 920. The van der Waals surface area contributed by atoms with Gasteiger partial charge in [0.15, 0.2) is 5.82 Å². The highest BCUT2D eigenvalue weighted by molar-refractivity contribution is 5.73. The van der Waals surface area contributed by atoms with Crippen LogP contribution in [0.1, 0.15) is 19.3 Å². The third-order valence-corrected chi connectivity index (χ3v) is 5.32. The van der Waals surface area contributed by atoms with Crippen LogP contribution in [-0.4, -0.2) is 50.7 Å². The lowest BCUT2D eigenvalue weighted by molar-refractivity contribution is 0.477. The van der Waals surface area contributed by atoms with Crippen molar-refractivity contribution < 1.29 is 5.11 Å². The summed E-state index contributed by atoms with van der Waals surface area (Å²) in [5, 5.41) is 29.6. The molecule has 1 aromatic carbocycles. The Balaban J connectivity index is 1.31. The summed E-state index contributed by atoms with van der Waals surface area (Å²) >= 11 is 0. The molecule has 1 saturated heterocycles. The summed E-state index contributed by atoms with van der Waals surface area (Å²) in [7, 11) is 0. The highest BCUT2D eigenvalue weighted by Crippen LogP contribution is 2.32. The Hall–Kier alpha value is -2.93. The number of phenolic OH excluding ortho intramolecular Hbond substituents is 1. The summed E-state index contributed by atoms with van der Waals surface area (Å²) in [4.78, 5) is 2.28. The lowest BCUT2D eigenvalue weighted by Crippen LogP contribution is -2.34. The summed E-state index contributed by atoms with van der Waals surface area (Å²) in [6, 6.07) is 10.7. The molecule has 138 valence electrons. The predicted molar refractivity (Wildman–Crippen MR) is 103 cm³/mol. The molecule has 2 aromatic heterocycles. The first-order valence-electron chi connectivity index (χ1n) is 9.43. The number of phenols is 1. The summed E-state index contributed by atoms with van der Waals surface area (Å²) in [6.07, 6.45) is 7.30. The van der Waals surface area contributed by atoms with E-state index in [1.165, 1.54) is 12.8 Å². The van der Waals surface area contributed by atoms with Gasteiger partial charge in [-0.05, 0) is 49.1 Å². The van der Waals surface area contributed by atoms with Gasteiger partial charge in [0.2, 0.25) is 0 Å². The minimum Gasteiger partial charge on any atom is -0.507 e. The van der Waals surface area contributed by atoms with Crippen molar-refractivity contribution in [3.8, 4) is 28.1 Å². The number of nitrogens with zero attached hydrogens (tertiary/aromatic N) is 4. The molecule has 1 saturated carbocycles. The topological polar surface area (TPSA) is 90.0 Å². The number of benzene rings is 1. The molecule has 7 heteroatoms. The SMILES string of the molecule is Oc1cc(-c2cn[nH]c2)ccc1-c1ccc(N2CC[C@H](NC3CC3)C2)nn1. The second-order valence-corrected chi connectivity index (χ2v) is 7.37. The number of aromatic hydroxyl groups is 1. The van der Waals surface area contributed by atoms with E-state index in [2.05, 4.69) is 30.6 Å². The first-order valence-corrected chi connectivity index (χ1v) is 9.43. The van der Waals surface area contributed by atoms with Crippen molar-refractivity contribution in [2.24, 2.45) is 0 Å². The van der Waals surface area contributed by atoms with Gasteiger partial charge in [-0.3, -0.25) is 5.10 Å². The molecule has 3 heterocycles. The van der Waals surface area contributed by atoms with Crippen LogP contribution in [0, 0.1) is 0 Å². The number of rotatable bonds is 5. The summed E-state index contributed by atoms with van der Waals surface area (Å²) < 4.78 is 0. The van der Waals surface area contributed by atoms with Gasteiger partial charge in [0.1, 0.15) is 5.75 Å². The van der Waals surface area contributed by atoms with E-state index >= 15 is 0 Å². The van der Waals surface area contributed by atoms with Gasteiger partial charge in [0.25, 0.3) is 0 Å². The molecule has 7 nitrogen and oxygen atoms in total. The van der Waals surface area contributed by atoms with Crippen molar-refractivity contribution in [3.63, 3.8) is 0 Å². The maximum Gasteiger partial charge on any atom is 0.151 e. The zero-order valence-corrected chi connectivity index (χ0v) is 15.0. The van der Waals surface area contributed by atoms with Gasteiger partial charge in [0.05, 0.1) is 11.9 Å². The zero-order valence-electron chi connectivity index (χ0n) is 15.0. The lowest BCUT2D eigenvalue weighted by atomic mass is 10.0. The Morgan fingerprint density at radius 1 is 1.04 bits per heavy atom. The van der Waals surface area contributed by atoms with Crippen molar-refractivity contribution in [1.82, 2.24) is 25.7 Å². The molecule has 1 aliphatic carbocycles. The quantitative estimate of drug-likeness (QED) is 0.646. The predicted octanol–water partition coefficient (Wildman–Crippen LogP) is 2.57. The number of hydrogen-bond acceptors (Lipinski definition) is 6. The van der Waals surface area contributed by atoms with Crippen LogP contribution in [-0.2, 0) is 0 Å².